The molecule has 7 nitrogen and oxygen atoms in total. The fraction of sp³-hybridized carbons (Fsp3) is 0.500. The van der Waals surface area contributed by atoms with Crippen molar-refractivity contribution in [3.63, 3.8) is 0 Å². The minimum absolute atomic E-state index is 0.0512. The third-order valence-electron chi connectivity index (χ3n) is 4.67. The van der Waals surface area contributed by atoms with Gasteiger partial charge in [-0.1, -0.05) is 12.1 Å². The molecule has 0 unspecified atom stereocenters. The van der Waals surface area contributed by atoms with E-state index in [0.29, 0.717) is 18.3 Å². The predicted molar refractivity (Wildman–Crippen MR) is 121 cm³/mol. The van der Waals surface area contributed by atoms with Gasteiger partial charge in [-0.3, -0.25) is 4.79 Å². The van der Waals surface area contributed by atoms with Crippen molar-refractivity contribution in [1.29, 1.82) is 0 Å². The van der Waals surface area contributed by atoms with Crippen LogP contribution >= 0.6 is 11.3 Å². The average Bonchev–Trinajstić information content (AvgIpc) is 3.47. The van der Waals surface area contributed by atoms with E-state index in [0.717, 1.165) is 49.0 Å². The van der Waals surface area contributed by atoms with Gasteiger partial charge in [0.15, 0.2) is 12.6 Å². The molecule has 0 atom stereocenters. The van der Waals surface area contributed by atoms with Crippen LogP contribution in [0.1, 0.15) is 40.9 Å². The monoisotopic (exact) mass is 429 g/mol. The number of carbonyl (C=O) groups excluding carboxylic acids is 1. The first-order valence-corrected chi connectivity index (χ1v) is 11.3. The highest BCUT2D eigenvalue weighted by atomic mass is 32.1. The van der Waals surface area contributed by atoms with Crippen molar-refractivity contribution in [2.24, 2.45) is 4.99 Å². The number of benzene rings is 1. The van der Waals surface area contributed by atoms with Gasteiger partial charge in [0.1, 0.15) is 5.75 Å². The van der Waals surface area contributed by atoms with Crippen LogP contribution in [-0.2, 0) is 17.8 Å². The standard InChI is InChI=1S/C22H31N5O2S/c1-4-23-22(25-13-20-15(2)26-16(3)30-20)24-12-11-17-5-9-19(10-6-17)29-14-21(28)27-18-7-8-18/h5-6,9-10,18H,4,7-8,11-14H2,1-3H3,(H,27,28)(H2,23,24,25). The van der Waals surface area contributed by atoms with Crippen LogP contribution in [0, 0.1) is 13.8 Å². The van der Waals surface area contributed by atoms with Crippen LogP contribution in [0.5, 0.6) is 5.75 Å². The van der Waals surface area contributed by atoms with Gasteiger partial charge < -0.3 is 20.7 Å². The molecule has 1 heterocycles. The minimum Gasteiger partial charge on any atom is -0.484 e. The molecule has 0 saturated heterocycles. The Labute approximate surface area is 182 Å². The summed E-state index contributed by atoms with van der Waals surface area (Å²) in [7, 11) is 0. The molecule has 3 N–H and O–H groups in total. The molecular weight excluding hydrogens is 398 g/mol. The number of hydrogen-bond acceptors (Lipinski definition) is 5. The number of aryl methyl sites for hydroxylation is 2. The Morgan fingerprint density at radius 2 is 2.00 bits per heavy atom. The Kier molecular flexibility index (Phi) is 8.07. The molecule has 1 aliphatic carbocycles. The Morgan fingerprint density at radius 1 is 1.23 bits per heavy atom. The lowest BCUT2D eigenvalue weighted by Crippen LogP contribution is -2.38. The van der Waals surface area contributed by atoms with Crippen molar-refractivity contribution in [2.45, 2.75) is 52.6 Å². The molecule has 162 valence electrons. The van der Waals surface area contributed by atoms with Crippen molar-refractivity contribution in [3.8, 4) is 5.75 Å². The summed E-state index contributed by atoms with van der Waals surface area (Å²) in [5, 5.41) is 10.7. The van der Waals surface area contributed by atoms with E-state index in [9.17, 15) is 4.79 Å². The number of amides is 1. The van der Waals surface area contributed by atoms with Gasteiger partial charge in [0.05, 0.1) is 17.2 Å². The lowest BCUT2D eigenvalue weighted by Gasteiger charge is -2.11. The molecule has 1 aromatic carbocycles. The summed E-state index contributed by atoms with van der Waals surface area (Å²) in [6.45, 7) is 8.40. The molecule has 0 bridgehead atoms. The van der Waals surface area contributed by atoms with E-state index in [1.807, 2.05) is 38.1 Å². The topological polar surface area (TPSA) is 87.6 Å². The molecule has 0 aliphatic heterocycles. The zero-order chi connectivity index (χ0) is 21.3. The van der Waals surface area contributed by atoms with Gasteiger partial charge in [0, 0.05) is 24.0 Å². The quantitative estimate of drug-likeness (QED) is 0.399. The van der Waals surface area contributed by atoms with Gasteiger partial charge in [0.2, 0.25) is 0 Å². The average molecular weight is 430 g/mol. The molecule has 0 spiro atoms. The molecule has 1 amide bonds. The molecule has 1 saturated carbocycles. The number of aliphatic imine (C=N–C) groups is 1. The van der Waals surface area contributed by atoms with Gasteiger partial charge in [0.25, 0.3) is 5.91 Å². The molecule has 30 heavy (non-hydrogen) atoms. The third kappa shape index (κ3) is 7.33. The highest BCUT2D eigenvalue weighted by Crippen LogP contribution is 2.19. The maximum absolute atomic E-state index is 11.7. The van der Waals surface area contributed by atoms with Crippen LogP contribution in [0.25, 0.3) is 0 Å². The first kappa shape index (κ1) is 22.1. The van der Waals surface area contributed by atoms with Crippen LogP contribution in [0.2, 0.25) is 0 Å². The van der Waals surface area contributed by atoms with Gasteiger partial charge in [-0.2, -0.15) is 0 Å². The number of carbonyl (C=O) groups is 1. The van der Waals surface area contributed by atoms with Gasteiger partial charge in [-0.05, 0) is 57.7 Å². The van der Waals surface area contributed by atoms with E-state index < -0.39 is 0 Å². The van der Waals surface area contributed by atoms with E-state index in [-0.39, 0.29) is 12.5 Å². The smallest absolute Gasteiger partial charge is 0.258 e. The minimum atomic E-state index is -0.0512. The van der Waals surface area contributed by atoms with E-state index in [1.54, 1.807) is 11.3 Å². The lowest BCUT2D eigenvalue weighted by atomic mass is 10.1. The van der Waals surface area contributed by atoms with E-state index in [1.165, 1.54) is 10.4 Å². The fourth-order valence-electron chi connectivity index (χ4n) is 2.94. The molecule has 1 aliphatic rings. The van der Waals surface area contributed by atoms with Crippen molar-refractivity contribution in [2.75, 3.05) is 19.7 Å². The summed E-state index contributed by atoms with van der Waals surface area (Å²) in [5.74, 6) is 1.47. The SMILES string of the molecule is CCNC(=NCc1sc(C)nc1C)NCCc1ccc(OCC(=O)NC2CC2)cc1. The number of hydrogen-bond donors (Lipinski definition) is 3. The molecule has 2 aromatic rings. The number of nitrogens with one attached hydrogen (secondary N) is 3. The predicted octanol–water partition coefficient (Wildman–Crippen LogP) is 2.72. The Balaban J connectivity index is 1.42. The Morgan fingerprint density at radius 3 is 2.63 bits per heavy atom. The van der Waals surface area contributed by atoms with E-state index >= 15 is 0 Å². The second-order valence-corrected chi connectivity index (χ2v) is 8.68. The summed E-state index contributed by atoms with van der Waals surface area (Å²) >= 11 is 1.70. The summed E-state index contributed by atoms with van der Waals surface area (Å²) in [6.07, 6.45) is 3.03. The van der Waals surface area contributed by atoms with Crippen LogP contribution < -0.4 is 20.7 Å². The van der Waals surface area contributed by atoms with Crippen molar-refractivity contribution in [3.05, 3.63) is 45.4 Å². The van der Waals surface area contributed by atoms with Crippen LogP contribution in [0.15, 0.2) is 29.3 Å². The van der Waals surface area contributed by atoms with Crippen LogP contribution in [0.4, 0.5) is 0 Å². The lowest BCUT2D eigenvalue weighted by molar-refractivity contribution is -0.123. The first-order valence-electron chi connectivity index (χ1n) is 10.5. The zero-order valence-electron chi connectivity index (χ0n) is 18.0. The van der Waals surface area contributed by atoms with Crippen molar-refractivity contribution < 1.29 is 9.53 Å². The number of guanidine groups is 1. The number of nitrogens with zero attached hydrogens (tertiary/aromatic N) is 2. The van der Waals surface area contributed by atoms with Gasteiger partial charge in [-0.15, -0.1) is 11.3 Å². The number of thiazole rings is 1. The van der Waals surface area contributed by atoms with E-state index in [2.05, 4.69) is 32.9 Å². The number of ether oxygens (including phenoxy) is 1. The number of aromatic nitrogens is 1. The maximum atomic E-state index is 11.7. The second kappa shape index (κ2) is 11.0. The summed E-state index contributed by atoms with van der Waals surface area (Å²) in [5.41, 5.74) is 2.26. The first-order chi connectivity index (χ1) is 14.5. The molecule has 1 fully saturated rings. The molecule has 3 rings (SSSR count). The van der Waals surface area contributed by atoms with E-state index in [4.69, 9.17) is 4.74 Å². The van der Waals surface area contributed by atoms with Gasteiger partial charge in [-0.25, -0.2) is 9.98 Å². The van der Waals surface area contributed by atoms with Crippen molar-refractivity contribution in [1.82, 2.24) is 20.9 Å². The summed E-state index contributed by atoms with van der Waals surface area (Å²) in [6, 6.07) is 8.25. The Hall–Kier alpha value is -2.61. The zero-order valence-corrected chi connectivity index (χ0v) is 18.8. The fourth-order valence-corrected chi connectivity index (χ4v) is 3.80. The van der Waals surface area contributed by atoms with Crippen molar-refractivity contribution >= 4 is 23.2 Å². The molecule has 1 aromatic heterocycles. The highest BCUT2D eigenvalue weighted by Gasteiger charge is 2.23. The molecule has 0 radical (unpaired) electrons. The summed E-state index contributed by atoms with van der Waals surface area (Å²) < 4.78 is 5.55. The van der Waals surface area contributed by atoms with Gasteiger partial charge >= 0.3 is 0 Å². The highest BCUT2D eigenvalue weighted by molar-refractivity contribution is 7.11. The number of rotatable bonds is 10. The van der Waals surface area contributed by atoms with Crippen LogP contribution in [-0.4, -0.2) is 42.6 Å². The summed E-state index contributed by atoms with van der Waals surface area (Å²) in [4.78, 5) is 22.0. The maximum Gasteiger partial charge on any atom is 0.258 e. The Bertz CT molecular complexity index is 859. The molecule has 8 heteroatoms. The normalized spacial score (nSPS) is 13.8. The largest absolute Gasteiger partial charge is 0.484 e. The van der Waals surface area contributed by atoms with Crippen LogP contribution in [0.3, 0.4) is 0 Å². The third-order valence-corrected chi connectivity index (χ3v) is 5.72. The molecular formula is C22H31N5O2S. The second-order valence-electron chi connectivity index (χ2n) is 7.39.